The van der Waals surface area contributed by atoms with Gasteiger partial charge in [-0.05, 0) is 171 Å². The number of benzene rings is 8. The highest BCUT2D eigenvalue weighted by molar-refractivity contribution is 7.26. The van der Waals surface area contributed by atoms with E-state index in [9.17, 15) is 0 Å². The maximum absolute atomic E-state index is 2.48. The number of para-hydroxylation sites is 2. The van der Waals surface area contributed by atoms with E-state index >= 15 is 0 Å². The summed E-state index contributed by atoms with van der Waals surface area (Å²) in [5, 5.41) is 5.23. The molecule has 2 aromatic heterocycles. The number of anilines is 6. The average Bonchev–Trinajstić information content (AvgIpc) is 3.79. The van der Waals surface area contributed by atoms with Crippen molar-refractivity contribution in [3.05, 3.63) is 191 Å². The molecule has 0 aliphatic heterocycles. The largest absolute Gasteiger partial charge is 0.310 e. The summed E-state index contributed by atoms with van der Waals surface area (Å²) >= 11 is 3.73. The zero-order chi connectivity index (χ0) is 39.7. The molecule has 0 aliphatic rings. The molecule has 10 rings (SSSR count). The van der Waals surface area contributed by atoms with E-state index in [1.54, 1.807) is 0 Å². The third-order valence-electron chi connectivity index (χ3n) is 11.7. The Bertz CT molecular complexity index is 2960. The SMILES string of the molecule is Cc1ccccc1N(c1ccc2sc3ccccc3c2c1)c1c(C)cc(-c2cc(C)c(N(c3ccc4sc5ccccc5c4c3)c3ccccc3C)c(C)c2)cc1C. The molecule has 0 saturated carbocycles. The van der Waals surface area contributed by atoms with E-state index in [4.69, 9.17) is 0 Å². The van der Waals surface area contributed by atoms with Gasteiger partial charge >= 0.3 is 0 Å². The molecule has 4 heteroatoms. The molecule has 0 radical (unpaired) electrons. The average molecular weight is 785 g/mol. The number of rotatable bonds is 7. The van der Waals surface area contributed by atoms with Crippen molar-refractivity contribution >= 4 is 97.1 Å². The first kappa shape index (κ1) is 36.2. The van der Waals surface area contributed by atoms with Crippen LogP contribution < -0.4 is 9.80 Å². The van der Waals surface area contributed by atoms with Crippen LogP contribution in [0.4, 0.5) is 34.1 Å². The van der Waals surface area contributed by atoms with Gasteiger partial charge in [-0.25, -0.2) is 0 Å². The van der Waals surface area contributed by atoms with Crippen molar-refractivity contribution < 1.29 is 0 Å². The molecule has 10 aromatic rings. The highest BCUT2D eigenvalue weighted by Crippen LogP contribution is 2.47. The van der Waals surface area contributed by atoms with Crippen molar-refractivity contribution in [3.63, 3.8) is 0 Å². The Morgan fingerprint density at radius 3 is 1.05 bits per heavy atom. The van der Waals surface area contributed by atoms with Gasteiger partial charge in [0.15, 0.2) is 0 Å². The molecule has 0 fully saturated rings. The van der Waals surface area contributed by atoms with Crippen LogP contribution in [0.1, 0.15) is 33.4 Å². The Morgan fingerprint density at radius 1 is 0.310 bits per heavy atom. The molecule has 0 N–H and O–H groups in total. The highest BCUT2D eigenvalue weighted by atomic mass is 32.1. The summed E-state index contributed by atoms with van der Waals surface area (Å²) in [4.78, 5) is 4.95. The molecule has 8 aromatic carbocycles. The first-order valence-corrected chi connectivity index (χ1v) is 21.6. The van der Waals surface area contributed by atoms with E-state index in [1.165, 1.54) is 119 Å². The Labute approximate surface area is 348 Å². The summed E-state index contributed by atoms with van der Waals surface area (Å²) in [7, 11) is 0. The number of thiophene rings is 2. The Kier molecular flexibility index (Phi) is 8.93. The molecule has 58 heavy (non-hydrogen) atoms. The molecular weight excluding hydrogens is 741 g/mol. The van der Waals surface area contributed by atoms with Gasteiger partial charge in [-0.3, -0.25) is 0 Å². The van der Waals surface area contributed by atoms with Crippen molar-refractivity contribution in [2.24, 2.45) is 0 Å². The summed E-state index contributed by atoms with van der Waals surface area (Å²) in [5.74, 6) is 0. The molecule has 282 valence electrons. The summed E-state index contributed by atoms with van der Waals surface area (Å²) in [6, 6.07) is 58.5. The van der Waals surface area contributed by atoms with Gasteiger partial charge in [0.2, 0.25) is 0 Å². The molecule has 0 saturated heterocycles. The van der Waals surface area contributed by atoms with Crippen LogP contribution in [0.2, 0.25) is 0 Å². The topological polar surface area (TPSA) is 6.48 Å². The van der Waals surface area contributed by atoms with Crippen LogP contribution in [0.5, 0.6) is 0 Å². The zero-order valence-electron chi connectivity index (χ0n) is 33.7. The maximum atomic E-state index is 2.48. The van der Waals surface area contributed by atoms with Crippen molar-refractivity contribution in [1.29, 1.82) is 0 Å². The monoisotopic (exact) mass is 784 g/mol. The van der Waals surface area contributed by atoms with E-state index in [0.717, 1.165) is 0 Å². The van der Waals surface area contributed by atoms with E-state index < -0.39 is 0 Å². The molecule has 2 nitrogen and oxygen atoms in total. The lowest BCUT2D eigenvalue weighted by molar-refractivity contribution is 1.20. The van der Waals surface area contributed by atoms with Gasteiger partial charge in [0.25, 0.3) is 0 Å². The minimum absolute atomic E-state index is 1.17. The normalized spacial score (nSPS) is 11.6. The fourth-order valence-electron chi connectivity index (χ4n) is 9.06. The predicted molar refractivity (Wildman–Crippen MR) is 255 cm³/mol. The highest BCUT2D eigenvalue weighted by Gasteiger charge is 2.23. The van der Waals surface area contributed by atoms with E-state index in [2.05, 4.69) is 209 Å². The van der Waals surface area contributed by atoms with Crippen molar-refractivity contribution in [1.82, 2.24) is 0 Å². The summed E-state index contributed by atoms with van der Waals surface area (Å²) in [6.07, 6.45) is 0. The van der Waals surface area contributed by atoms with Gasteiger partial charge in [0.1, 0.15) is 0 Å². The van der Waals surface area contributed by atoms with Gasteiger partial charge in [0.05, 0.1) is 11.4 Å². The van der Waals surface area contributed by atoms with Gasteiger partial charge in [-0.15, -0.1) is 22.7 Å². The molecule has 0 unspecified atom stereocenters. The Balaban J connectivity index is 1.09. The van der Waals surface area contributed by atoms with Crippen LogP contribution in [-0.2, 0) is 0 Å². The first-order valence-electron chi connectivity index (χ1n) is 20.0. The molecule has 0 amide bonds. The summed E-state index contributed by atoms with van der Waals surface area (Å²) in [5.41, 5.74) is 17.1. The number of nitrogens with zero attached hydrogens (tertiary/aromatic N) is 2. The quantitative estimate of drug-likeness (QED) is 0.159. The second-order valence-electron chi connectivity index (χ2n) is 15.7. The molecule has 2 heterocycles. The zero-order valence-corrected chi connectivity index (χ0v) is 35.4. The second-order valence-corrected chi connectivity index (χ2v) is 17.9. The smallest absolute Gasteiger partial charge is 0.0520 e. The van der Waals surface area contributed by atoms with Gasteiger partial charge in [-0.2, -0.15) is 0 Å². The minimum atomic E-state index is 1.17. The summed E-state index contributed by atoms with van der Waals surface area (Å²) < 4.78 is 5.28. The van der Waals surface area contributed by atoms with E-state index in [-0.39, 0.29) is 0 Å². The molecule has 0 aliphatic carbocycles. The van der Waals surface area contributed by atoms with Crippen LogP contribution in [0, 0.1) is 41.5 Å². The van der Waals surface area contributed by atoms with Crippen LogP contribution in [0.15, 0.2) is 158 Å². The van der Waals surface area contributed by atoms with E-state index in [1.807, 2.05) is 22.7 Å². The minimum Gasteiger partial charge on any atom is -0.310 e. The molecule has 0 bridgehead atoms. The lowest BCUT2D eigenvalue weighted by Gasteiger charge is -2.31. The molecule has 0 atom stereocenters. The maximum Gasteiger partial charge on any atom is 0.0520 e. The number of fused-ring (bicyclic) bond motifs is 6. The summed E-state index contributed by atoms with van der Waals surface area (Å²) in [6.45, 7) is 13.5. The van der Waals surface area contributed by atoms with Gasteiger partial charge in [0, 0.05) is 63.1 Å². The number of aryl methyl sites for hydroxylation is 6. The van der Waals surface area contributed by atoms with Crippen molar-refractivity contribution in [3.8, 4) is 11.1 Å². The predicted octanol–water partition coefficient (Wildman–Crippen LogP) is 16.9. The second kappa shape index (κ2) is 14.3. The standard InChI is InChI=1S/C54H44N2S2/c1-33-15-7-11-19-47(33)55(41-23-25-51-45(31-41)43-17-9-13-21-49(43)57-51)53-35(3)27-39(28-36(53)4)40-29-37(5)54(38(6)30-40)56(48-20-12-8-16-34(48)2)42-24-26-52-46(32-42)44-18-10-14-22-50(44)58-52/h7-32H,1-6H3. The fourth-order valence-corrected chi connectivity index (χ4v) is 11.2. The Morgan fingerprint density at radius 2 is 0.655 bits per heavy atom. The fraction of sp³-hybridized carbons (Fsp3) is 0.111. The first-order chi connectivity index (χ1) is 28.2. The third-order valence-corrected chi connectivity index (χ3v) is 14.0. The number of hydrogen-bond donors (Lipinski definition) is 0. The molecule has 0 spiro atoms. The Hall–Kier alpha value is -6.20. The third kappa shape index (κ3) is 6.07. The van der Waals surface area contributed by atoms with Crippen molar-refractivity contribution in [2.45, 2.75) is 41.5 Å². The van der Waals surface area contributed by atoms with Crippen LogP contribution in [-0.4, -0.2) is 0 Å². The number of hydrogen-bond acceptors (Lipinski definition) is 4. The van der Waals surface area contributed by atoms with Gasteiger partial charge < -0.3 is 9.80 Å². The lowest BCUT2D eigenvalue weighted by Crippen LogP contribution is -2.14. The van der Waals surface area contributed by atoms with Crippen LogP contribution >= 0.6 is 22.7 Å². The van der Waals surface area contributed by atoms with Gasteiger partial charge in [-0.1, -0.05) is 72.8 Å². The van der Waals surface area contributed by atoms with Crippen molar-refractivity contribution in [2.75, 3.05) is 9.80 Å². The van der Waals surface area contributed by atoms with E-state index in [0.29, 0.717) is 0 Å². The molecular formula is C54H44N2S2. The lowest BCUT2D eigenvalue weighted by atomic mass is 9.93. The van der Waals surface area contributed by atoms with Crippen LogP contribution in [0.3, 0.4) is 0 Å². The van der Waals surface area contributed by atoms with Crippen LogP contribution in [0.25, 0.3) is 51.5 Å².